The van der Waals surface area contributed by atoms with Crippen molar-refractivity contribution in [1.29, 1.82) is 0 Å². The number of aromatic amines is 1. The van der Waals surface area contributed by atoms with Gasteiger partial charge >= 0.3 is 5.69 Å². The third-order valence-corrected chi connectivity index (χ3v) is 6.21. The molecule has 8 nitrogen and oxygen atoms in total. The van der Waals surface area contributed by atoms with Crippen molar-refractivity contribution < 1.29 is 8.78 Å². The number of aromatic nitrogens is 4. The van der Waals surface area contributed by atoms with Gasteiger partial charge in [0.15, 0.2) is 0 Å². The Hall–Kier alpha value is -2.85. The first kappa shape index (κ1) is 20.1. The summed E-state index contributed by atoms with van der Waals surface area (Å²) in [5, 5.41) is 4.30. The second kappa shape index (κ2) is 7.69. The molecule has 10 heteroatoms. The monoisotopic (exact) mass is 430 g/mol. The van der Waals surface area contributed by atoms with E-state index in [1.807, 2.05) is 18.3 Å². The first-order valence-corrected chi connectivity index (χ1v) is 10.5. The minimum atomic E-state index is -2.45. The Kier molecular flexibility index (Phi) is 4.98. The number of halogens is 2. The lowest BCUT2D eigenvalue weighted by atomic mass is 9.81. The van der Waals surface area contributed by atoms with Crippen molar-refractivity contribution in [2.45, 2.75) is 25.3 Å². The molecule has 5 rings (SSSR count). The van der Waals surface area contributed by atoms with Crippen LogP contribution in [0.25, 0.3) is 11.2 Å². The first-order chi connectivity index (χ1) is 14.9. The number of piperazine rings is 1. The molecule has 3 aromatic heterocycles. The van der Waals surface area contributed by atoms with Crippen LogP contribution < -0.4 is 11.2 Å². The number of nitrogens with zero attached hydrogens (tertiary/aromatic N) is 5. The molecule has 0 unspecified atom stereocenters. The number of hydrogen-bond acceptors (Lipinski definition) is 5. The molecule has 164 valence electrons. The number of fused-ring (bicyclic) bond motifs is 1. The molecule has 31 heavy (non-hydrogen) atoms. The molecular formula is C21H24F2N6O2. The average Bonchev–Trinajstić information content (AvgIpc) is 3.11. The van der Waals surface area contributed by atoms with Crippen molar-refractivity contribution in [1.82, 2.24) is 29.0 Å². The molecule has 1 saturated carbocycles. The number of alkyl halides is 2. The summed E-state index contributed by atoms with van der Waals surface area (Å²) in [5.41, 5.74) is 1.52. The van der Waals surface area contributed by atoms with Crippen molar-refractivity contribution in [2.75, 3.05) is 32.7 Å². The number of pyridine rings is 1. The predicted octanol–water partition coefficient (Wildman–Crippen LogP) is 1.34. The Bertz CT molecular complexity index is 1200. The SMILES string of the molecule is O=c1ccn(-c2cnn3ccc(CN4CCN(CC5CC(F)(F)C5)CC4)cc23)c(=O)[nH]1. The molecule has 3 aromatic rings. The zero-order valence-electron chi connectivity index (χ0n) is 17.0. The van der Waals surface area contributed by atoms with Gasteiger partial charge in [0, 0.05) is 70.6 Å². The molecule has 0 bridgehead atoms. The summed E-state index contributed by atoms with van der Waals surface area (Å²) < 4.78 is 29.2. The van der Waals surface area contributed by atoms with E-state index in [-0.39, 0.29) is 18.8 Å². The number of H-pyrrole nitrogens is 1. The standard InChI is InChI=1S/C21H24F2N6O2/c22-21(23)10-16(11-21)14-27-7-5-26(6-8-27)13-15-1-4-29-17(9-15)18(12-24-29)28-3-2-19(30)25-20(28)31/h1-4,9,12,16H,5-8,10-11,13-14H2,(H,25,30,31). The maximum atomic E-state index is 13.0. The van der Waals surface area contributed by atoms with Crippen LogP contribution in [0.3, 0.4) is 0 Å². The second-order valence-corrected chi connectivity index (χ2v) is 8.58. The van der Waals surface area contributed by atoms with Gasteiger partial charge < -0.3 is 4.90 Å². The molecule has 0 amide bonds. The van der Waals surface area contributed by atoms with Crippen molar-refractivity contribution in [3.63, 3.8) is 0 Å². The molecule has 1 aliphatic carbocycles. The van der Waals surface area contributed by atoms with Gasteiger partial charge in [-0.15, -0.1) is 0 Å². The van der Waals surface area contributed by atoms with E-state index in [9.17, 15) is 18.4 Å². The molecule has 1 aliphatic heterocycles. The lowest BCUT2D eigenvalue weighted by Gasteiger charge is -2.41. The topological polar surface area (TPSA) is 78.6 Å². The van der Waals surface area contributed by atoms with Crippen LogP contribution in [0.2, 0.25) is 0 Å². The van der Waals surface area contributed by atoms with E-state index in [1.165, 1.54) is 16.8 Å². The molecule has 4 heterocycles. The quantitative estimate of drug-likeness (QED) is 0.661. The van der Waals surface area contributed by atoms with E-state index < -0.39 is 17.2 Å². The summed E-state index contributed by atoms with van der Waals surface area (Å²) in [6.45, 7) is 5.07. The van der Waals surface area contributed by atoms with Crippen LogP contribution >= 0.6 is 0 Å². The smallest absolute Gasteiger partial charge is 0.301 e. The maximum absolute atomic E-state index is 13.0. The van der Waals surface area contributed by atoms with Crippen molar-refractivity contribution in [3.8, 4) is 5.69 Å². The van der Waals surface area contributed by atoms with E-state index in [1.54, 1.807) is 10.7 Å². The highest BCUT2D eigenvalue weighted by molar-refractivity contribution is 5.64. The van der Waals surface area contributed by atoms with Gasteiger partial charge in [-0.05, 0) is 23.6 Å². The Morgan fingerprint density at radius 3 is 2.52 bits per heavy atom. The zero-order valence-corrected chi connectivity index (χ0v) is 17.0. The Labute approximate surface area is 176 Å². The van der Waals surface area contributed by atoms with Crippen LogP contribution in [0.4, 0.5) is 8.78 Å². The van der Waals surface area contributed by atoms with Gasteiger partial charge in [-0.2, -0.15) is 5.10 Å². The van der Waals surface area contributed by atoms with E-state index in [4.69, 9.17) is 0 Å². The summed E-state index contributed by atoms with van der Waals surface area (Å²) in [5.74, 6) is -2.32. The molecule has 1 saturated heterocycles. The molecule has 0 radical (unpaired) electrons. The largest absolute Gasteiger partial charge is 0.333 e. The summed E-state index contributed by atoms with van der Waals surface area (Å²) in [6.07, 6.45) is 4.96. The van der Waals surface area contributed by atoms with Gasteiger partial charge in [0.05, 0.1) is 17.4 Å². The van der Waals surface area contributed by atoms with Crippen LogP contribution in [-0.4, -0.2) is 67.6 Å². The summed E-state index contributed by atoms with van der Waals surface area (Å²) in [6, 6.07) is 5.31. The number of nitrogens with one attached hydrogen (secondary N) is 1. The fourth-order valence-electron chi connectivity index (χ4n) is 4.57. The highest BCUT2D eigenvalue weighted by atomic mass is 19.3. The molecule has 2 fully saturated rings. The van der Waals surface area contributed by atoms with Gasteiger partial charge in [0.1, 0.15) is 0 Å². The number of hydrogen-bond donors (Lipinski definition) is 1. The van der Waals surface area contributed by atoms with Gasteiger partial charge in [0.2, 0.25) is 5.92 Å². The zero-order chi connectivity index (χ0) is 21.6. The molecular weight excluding hydrogens is 406 g/mol. The first-order valence-electron chi connectivity index (χ1n) is 10.5. The minimum Gasteiger partial charge on any atom is -0.301 e. The van der Waals surface area contributed by atoms with E-state index in [0.29, 0.717) is 5.69 Å². The maximum Gasteiger partial charge on any atom is 0.333 e. The van der Waals surface area contributed by atoms with Crippen LogP contribution in [-0.2, 0) is 6.54 Å². The molecule has 0 atom stereocenters. The Balaban J connectivity index is 1.25. The van der Waals surface area contributed by atoms with E-state index >= 15 is 0 Å². The van der Waals surface area contributed by atoms with Crippen LogP contribution in [0.1, 0.15) is 18.4 Å². The summed E-state index contributed by atoms with van der Waals surface area (Å²) in [4.78, 5) is 30.4. The third kappa shape index (κ3) is 4.17. The average molecular weight is 430 g/mol. The van der Waals surface area contributed by atoms with Gasteiger partial charge in [-0.3, -0.25) is 19.2 Å². The Morgan fingerprint density at radius 1 is 1.06 bits per heavy atom. The van der Waals surface area contributed by atoms with Crippen molar-refractivity contribution >= 4 is 5.52 Å². The van der Waals surface area contributed by atoms with Crippen LogP contribution in [0, 0.1) is 5.92 Å². The lowest BCUT2D eigenvalue weighted by molar-refractivity contribution is -0.117. The lowest BCUT2D eigenvalue weighted by Crippen LogP contribution is -2.50. The normalized spacial score (nSPS) is 20.2. The fraction of sp³-hybridized carbons (Fsp3) is 0.476. The van der Waals surface area contributed by atoms with E-state index in [0.717, 1.165) is 50.3 Å². The van der Waals surface area contributed by atoms with Gasteiger partial charge in [-0.25, -0.2) is 18.1 Å². The molecule has 1 N–H and O–H groups in total. The summed E-state index contributed by atoms with van der Waals surface area (Å²) >= 11 is 0. The second-order valence-electron chi connectivity index (χ2n) is 8.58. The van der Waals surface area contributed by atoms with Crippen molar-refractivity contribution in [3.05, 3.63) is 63.2 Å². The predicted molar refractivity (Wildman–Crippen MR) is 111 cm³/mol. The molecule has 2 aliphatic rings. The fourth-order valence-corrected chi connectivity index (χ4v) is 4.57. The number of rotatable bonds is 5. The molecule has 0 aromatic carbocycles. The van der Waals surface area contributed by atoms with Gasteiger partial charge in [0.25, 0.3) is 5.56 Å². The van der Waals surface area contributed by atoms with Crippen LogP contribution in [0.5, 0.6) is 0 Å². The highest BCUT2D eigenvalue weighted by Gasteiger charge is 2.45. The third-order valence-electron chi connectivity index (χ3n) is 6.21. The minimum absolute atomic E-state index is 0.0271. The van der Waals surface area contributed by atoms with E-state index in [2.05, 4.69) is 19.9 Å². The highest BCUT2D eigenvalue weighted by Crippen LogP contribution is 2.42. The van der Waals surface area contributed by atoms with Crippen LogP contribution in [0.15, 0.2) is 46.4 Å². The van der Waals surface area contributed by atoms with Gasteiger partial charge in [-0.1, -0.05) is 0 Å². The van der Waals surface area contributed by atoms with Crippen molar-refractivity contribution in [2.24, 2.45) is 5.92 Å². The summed E-state index contributed by atoms with van der Waals surface area (Å²) in [7, 11) is 0. The molecule has 0 spiro atoms. The Morgan fingerprint density at radius 2 is 1.81 bits per heavy atom.